The highest BCUT2D eigenvalue weighted by atomic mass is 16.5. The highest BCUT2D eigenvalue weighted by Crippen LogP contribution is 2.54. The van der Waals surface area contributed by atoms with Crippen LogP contribution in [0.1, 0.15) is 39.0 Å². The quantitative estimate of drug-likeness (QED) is 0.673. The van der Waals surface area contributed by atoms with Gasteiger partial charge in [-0.3, -0.25) is 4.79 Å². The first-order valence-corrected chi connectivity index (χ1v) is 6.66. The lowest BCUT2D eigenvalue weighted by Crippen LogP contribution is -2.31. The van der Waals surface area contributed by atoms with Crippen molar-refractivity contribution in [2.75, 3.05) is 19.8 Å². The number of hydrogen-bond acceptors (Lipinski definition) is 2. The van der Waals surface area contributed by atoms with E-state index in [1.807, 2.05) is 0 Å². The molecule has 1 amide bonds. The van der Waals surface area contributed by atoms with Crippen LogP contribution >= 0.6 is 0 Å². The van der Waals surface area contributed by atoms with Crippen molar-refractivity contribution < 1.29 is 9.53 Å². The Morgan fingerprint density at radius 3 is 2.69 bits per heavy atom. The summed E-state index contributed by atoms with van der Waals surface area (Å²) < 4.78 is 5.36. The Morgan fingerprint density at radius 2 is 2.00 bits per heavy atom. The fourth-order valence-corrected chi connectivity index (χ4v) is 2.71. The molecule has 0 spiro atoms. The van der Waals surface area contributed by atoms with Gasteiger partial charge in [0.2, 0.25) is 5.91 Å². The minimum absolute atomic E-state index is 0.280. The van der Waals surface area contributed by atoms with E-state index >= 15 is 0 Å². The maximum Gasteiger partial charge on any atom is 0.223 e. The molecule has 2 rings (SSSR count). The molecule has 92 valence electrons. The standard InChI is InChI=1S/C13H23NO2/c1-2-5-16-6-3-4-14-13(15)12-8-10-7-11(10)9-12/h10-12H,2-9H2,1H3,(H,14,15). The van der Waals surface area contributed by atoms with Crippen LogP contribution in [0.15, 0.2) is 0 Å². The summed E-state index contributed by atoms with van der Waals surface area (Å²) in [6.07, 6.45) is 5.67. The maximum atomic E-state index is 11.7. The number of fused-ring (bicyclic) bond motifs is 1. The van der Waals surface area contributed by atoms with E-state index in [0.717, 1.165) is 57.3 Å². The summed E-state index contributed by atoms with van der Waals surface area (Å²) in [6, 6.07) is 0. The Hall–Kier alpha value is -0.570. The van der Waals surface area contributed by atoms with E-state index in [0.29, 0.717) is 5.92 Å². The van der Waals surface area contributed by atoms with Crippen LogP contribution in [-0.2, 0) is 9.53 Å². The number of carbonyl (C=O) groups excluding carboxylic acids is 1. The van der Waals surface area contributed by atoms with Gasteiger partial charge in [-0.2, -0.15) is 0 Å². The van der Waals surface area contributed by atoms with Gasteiger partial charge in [0.15, 0.2) is 0 Å². The molecule has 2 aliphatic carbocycles. The van der Waals surface area contributed by atoms with E-state index in [4.69, 9.17) is 4.74 Å². The van der Waals surface area contributed by atoms with Crippen LogP contribution in [0.5, 0.6) is 0 Å². The number of carbonyl (C=O) groups is 1. The van der Waals surface area contributed by atoms with Crippen LogP contribution in [0, 0.1) is 17.8 Å². The molecule has 3 nitrogen and oxygen atoms in total. The predicted molar refractivity (Wildman–Crippen MR) is 63.1 cm³/mol. The average molecular weight is 225 g/mol. The normalized spacial score (nSPS) is 31.2. The second kappa shape index (κ2) is 5.67. The van der Waals surface area contributed by atoms with Crippen LogP contribution in [0.3, 0.4) is 0 Å². The van der Waals surface area contributed by atoms with Crippen molar-refractivity contribution in [2.45, 2.75) is 39.0 Å². The molecule has 0 heterocycles. The molecule has 0 aromatic rings. The molecule has 0 saturated heterocycles. The summed E-state index contributed by atoms with van der Waals surface area (Å²) in [4.78, 5) is 11.7. The monoisotopic (exact) mass is 225 g/mol. The lowest BCUT2D eigenvalue weighted by atomic mass is 10.0. The molecule has 16 heavy (non-hydrogen) atoms. The third-order valence-corrected chi connectivity index (χ3v) is 3.73. The smallest absolute Gasteiger partial charge is 0.223 e. The first-order chi connectivity index (χ1) is 7.81. The molecule has 2 saturated carbocycles. The van der Waals surface area contributed by atoms with Crippen molar-refractivity contribution in [3.05, 3.63) is 0 Å². The Bertz CT molecular complexity index is 232. The van der Waals surface area contributed by atoms with Gasteiger partial charge in [0.1, 0.15) is 0 Å². The van der Waals surface area contributed by atoms with Gasteiger partial charge in [-0.1, -0.05) is 6.92 Å². The lowest BCUT2D eigenvalue weighted by Gasteiger charge is -2.12. The van der Waals surface area contributed by atoms with Crippen LogP contribution in [0.2, 0.25) is 0 Å². The van der Waals surface area contributed by atoms with Crippen LogP contribution in [-0.4, -0.2) is 25.7 Å². The molecular formula is C13H23NO2. The molecule has 2 unspecified atom stereocenters. The Kier molecular flexibility index (Phi) is 4.22. The minimum Gasteiger partial charge on any atom is -0.381 e. The molecular weight excluding hydrogens is 202 g/mol. The van der Waals surface area contributed by atoms with Gasteiger partial charge in [-0.15, -0.1) is 0 Å². The Labute approximate surface area is 97.9 Å². The topological polar surface area (TPSA) is 38.3 Å². The SMILES string of the molecule is CCCOCCCNC(=O)C1CC2CC2C1. The van der Waals surface area contributed by atoms with Crippen molar-refractivity contribution >= 4 is 5.91 Å². The fourth-order valence-electron chi connectivity index (χ4n) is 2.71. The molecule has 0 radical (unpaired) electrons. The molecule has 1 N–H and O–H groups in total. The van der Waals surface area contributed by atoms with Gasteiger partial charge in [0.25, 0.3) is 0 Å². The molecule has 3 heteroatoms. The van der Waals surface area contributed by atoms with Gasteiger partial charge >= 0.3 is 0 Å². The maximum absolute atomic E-state index is 11.7. The zero-order valence-electron chi connectivity index (χ0n) is 10.2. The van der Waals surface area contributed by atoms with Crippen LogP contribution in [0.25, 0.3) is 0 Å². The second-order valence-electron chi connectivity index (χ2n) is 5.18. The molecule has 0 bridgehead atoms. The number of hydrogen-bond donors (Lipinski definition) is 1. The summed E-state index contributed by atoms with van der Waals surface area (Å²) in [7, 11) is 0. The van der Waals surface area contributed by atoms with Crippen molar-refractivity contribution in [3.8, 4) is 0 Å². The van der Waals surface area contributed by atoms with E-state index in [2.05, 4.69) is 12.2 Å². The van der Waals surface area contributed by atoms with Crippen molar-refractivity contribution in [1.82, 2.24) is 5.32 Å². The lowest BCUT2D eigenvalue weighted by molar-refractivity contribution is -0.125. The molecule has 0 aliphatic heterocycles. The van der Waals surface area contributed by atoms with Crippen LogP contribution < -0.4 is 5.32 Å². The number of nitrogens with one attached hydrogen (secondary N) is 1. The summed E-state index contributed by atoms with van der Waals surface area (Å²) >= 11 is 0. The zero-order valence-corrected chi connectivity index (χ0v) is 10.2. The summed E-state index contributed by atoms with van der Waals surface area (Å²) in [5.74, 6) is 2.38. The molecule has 2 atom stereocenters. The molecule has 2 aliphatic rings. The van der Waals surface area contributed by atoms with Gasteiger partial charge < -0.3 is 10.1 Å². The highest BCUT2D eigenvalue weighted by molar-refractivity contribution is 5.79. The van der Waals surface area contributed by atoms with E-state index in [9.17, 15) is 4.79 Å². The van der Waals surface area contributed by atoms with Gasteiger partial charge in [0, 0.05) is 25.7 Å². The second-order valence-corrected chi connectivity index (χ2v) is 5.18. The predicted octanol–water partition coefficient (Wildman–Crippen LogP) is 1.97. The van der Waals surface area contributed by atoms with Crippen molar-refractivity contribution in [3.63, 3.8) is 0 Å². The highest BCUT2D eigenvalue weighted by Gasteiger charge is 2.47. The molecule has 0 aromatic heterocycles. The summed E-state index contributed by atoms with van der Waals surface area (Å²) in [5, 5.41) is 3.02. The minimum atomic E-state index is 0.280. The average Bonchev–Trinajstić information content (AvgIpc) is 2.90. The van der Waals surface area contributed by atoms with E-state index < -0.39 is 0 Å². The Balaban J connectivity index is 1.48. The van der Waals surface area contributed by atoms with E-state index in [1.165, 1.54) is 6.42 Å². The first kappa shape index (κ1) is 11.9. The third-order valence-electron chi connectivity index (χ3n) is 3.73. The number of amides is 1. The van der Waals surface area contributed by atoms with Crippen molar-refractivity contribution in [2.24, 2.45) is 17.8 Å². The third kappa shape index (κ3) is 3.21. The summed E-state index contributed by atoms with van der Waals surface area (Å²) in [6.45, 7) is 4.48. The number of ether oxygens (including phenoxy) is 1. The van der Waals surface area contributed by atoms with Crippen molar-refractivity contribution in [1.29, 1.82) is 0 Å². The van der Waals surface area contributed by atoms with E-state index in [-0.39, 0.29) is 5.91 Å². The van der Waals surface area contributed by atoms with Gasteiger partial charge in [-0.25, -0.2) is 0 Å². The van der Waals surface area contributed by atoms with E-state index in [1.54, 1.807) is 0 Å². The molecule has 2 fully saturated rings. The number of rotatable bonds is 7. The first-order valence-electron chi connectivity index (χ1n) is 6.66. The summed E-state index contributed by atoms with van der Waals surface area (Å²) in [5.41, 5.74) is 0. The zero-order chi connectivity index (χ0) is 11.4. The van der Waals surface area contributed by atoms with Crippen LogP contribution in [0.4, 0.5) is 0 Å². The fraction of sp³-hybridized carbons (Fsp3) is 0.923. The van der Waals surface area contributed by atoms with Gasteiger partial charge in [0.05, 0.1) is 0 Å². The van der Waals surface area contributed by atoms with Gasteiger partial charge in [-0.05, 0) is 43.9 Å². The Morgan fingerprint density at radius 1 is 1.25 bits per heavy atom. The molecule has 0 aromatic carbocycles. The largest absolute Gasteiger partial charge is 0.381 e.